The summed E-state index contributed by atoms with van der Waals surface area (Å²) in [5.41, 5.74) is 0.129. The Morgan fingerprint density at radius 3 is 2.43 bits per heavy atom. The van der Waals surface area contributed by atoms with Crippen LogP contribution in [0.25, 0.3) is 0 Å². The molecule has 1 atom stereocenters. The molecule has 1 unspecified atom stereocenters. The van der Waals surface area contributed by atoms with Gasteiger partial charge in [0.1, 0.15) is 6.10 Å². The van der Waals surface area contributed by atoms with E-state index in [4.69, 9.17) is 4.74 Å². The zero-order valence-electron chi connectivity index (χ0n) is 14.0. The normalized spacial score (nSPS) is 12.2. The number of rotatable bonds is 9. The number of carboxylic acids is 1. The fraction of sp³-hybridized carbons (Fsp3) is 0.556. The van der Waals surface area contributed by atoms with E-state index in [0.29, 0.717) is 5.92 Å². The molecule has 1 aromatic rings. The van der Waals surface area contributed by atoms with Crippen molar-refractivity contribution in [1.82, 2.24) is 0 Å². The standard InChI is InChI=1S/C18H25IO4/c1-4-5-6-14(9-7-12(2)3)23-18(22)15-10-8-13(19)11-16(15)17(20)21/h8,10-12,14H,4-7,9H2,1-3H3,(H,20,21). The van der Waals surface area contributed by atoms with E-state index < -0.39 is 11.9 Å². The number of hydrogen-bond acceptors (Lipinski definition) is 3. The third-order valence-corrected chi connectivity index (χ3v) is 4.32. The van der Waals surface area contributed by atoms with Crippen molar-refractivity contribution < 1.29 is 19.4 Å². The molecule has 128 valence electrons. The van der Waals surface area contributed by atoms with Crippen LogP contribution in [-0.4, -0.2) is 23.1 Å². The summed E-state index contributed by atoms with van der Waals surface area (Å²) in [6.07, 6.45) is 4.51. The van der Waals surface area contributed by atoms with Crippen LogP contribution in [0.3, 0.4) is 0 Å². The number of carbonyl (C=O) groups is 2. The average molecular weight is 432 g/mol. The van der Waals surface area contributed by atoms with Crippen molar-refractivity contribution in [2.45, 2.75) is 59.0 Å². The molecule has 1 rings (SSSR count). The van der Waals surface area contributed by atoms with E-state index in [-0.39, 0.29) is 17.2 Å². The van der Waals surface area contributed by atoms with E-state index in [0.717, 1.165) is 35.7 Å². The molecule has 0 heterocycles. The number of hydrogen-bond donors (Lipinski definition) is 1. The SMILES string of the molecule is CCCCC(CCC(C)C)OC(=O)c1ccc(I)cc1C(=O)O. The Kier molecular flexibility index (Phi) is 8.58. The Balaban J connectivity index is 2.87. The molecule has 0 saturated carbocycles. The average Bonchev–Trinajstić information content (AvgIpc) is 2.49. The minimum absolute atomic E-state index is 0.00000102. The van der Waals surface area contributed by atoms with Crippen LogP contribution < -0.4 is 0 Å². The van der Waals surface area contributed by atoms with Crippen LogP contribution in [-0.2, 0) is 4.74 Å². The van der Waals surface area contributed by atoms with E-state index in [1.165, 1.54) is 12.1 Å². The molecule has 0 saturated heterocycles. The second kappa shape index (κ2) is 9.90. The zero-order chi connectivity index (χ0) is 17.4. The second-order valence-corrected chi connectivity index (χ2v) is 7.38. The summed E-state index contributed by atoms with van der Waals surface area (Å²) in [6.45, 7) is 6.38. The van der Waals surface area contributed by atoms with E-state index in [2.05, 4.69) is 20.8 Å². The van der Waals surface area contributed by atoms with Crippen molar-refractivity contribution >= 4 is 34.5 Å². The Morgan fingerprint density at radius 1 is 1.17 bits per heavy atom. The Bertz CT molecular complexity index is 540. The monoisotopic (exact) mass is 432 g/mol. The van der Waals surface area contributed by atoms with Gasteiger partial charge in [-0.1, -0.05) is 33.6 Å². The maximum Gasteiger partial charge on any atom is 0.339 e. The molecule has 0 aliphatic heterocycles. The summed E-state index contributed by atoms with van der Waals surface area (Å²) < 4.78 is 6.39. The largest absolute Gasteiger partial charge is 0.478 e. The van der Waals surface area contributed by atoms with E-state index in [9.17, 15) is 14.7 Å². The molecule has 1 N–H and O–H groups in total. The fourth-order valence-electron chi connectivity index (χ4n) is 2.30. The molecule has 0 spiro atoms. The van der Waals surface area contributed by atoms with Crippen LogP contribution in [0.15, 0.2) is 18.2 Å². The predicted octanol–water partition coefficient (Wildman–Crippen LogP) is 5.14. The van der Waals surface area contributed by atoms with Gasteiger partial charge in [0.05, 0.1) is 11.1 Å². The summed E-state index contributed by atoms with van der Waals surface area (Å²) in [7, 11) is 0. The molecule has 0 fully saturated rings. The van der Waals surface area contributed by atoms with Crippen molar-refractivity contribution in [2.24, 2.45) is 5.92 Å². The number of halogens is 1. The van der Waals surface area contributed by atoms with Crippen LogP contribution in [0, 0.1) is 9.49 Å². The van der Waals surface area contributed by atoms with Crippen LogP contribution in [0.2, 0.25) is 0 Å². The first-order chi connectivity index (χ1) is 10.8. The minimum Gasteiger partial charge on any atom is -0.478 e. The number of esters is 1. The molecule has 4 nitrogen and oxygen atoms in total. The zero-order valence-corrected chi connectivity index (χ0v) is 16.1. The van der Waals surface area contributed by atoms with Crippen molar-refractivity contribution in [3.8, 4) is 0 Å². The topological polar surface area (TPSA) is 63.6 Å². The van der Waals surface area contributed by atoms with Gasteiger partial charge in [0.25, 0.3) is 0 Å². The quantitative estimate of drug-likeness (QED) is 0.434. The lowest BCUT2D eigenvalue weighted by atomic mass is 10.0. The van der Waals surface area contributed by atoms with Gasteiger partial charge < -0.3 is 9.84 Å². The van der Waals surface area contributed by atoms with Gasteiger partial charge in [-0.15, -0.1) is 0 Å². The highest BCUT2D eigenvalue weighted by molar-refractivity contribution is 14.1. The summed E-state index contributed by atoms with van der Waals surface area (Å²) in [4.78, 5) is 23.8. The molecule has 0 bridgehead atoms. The van der Waals surface area contributed by atoms with Crippen LogP contribution in [0.4, 0.5) is 0 Å². The molecule has 0 aliphatic carbocycles. The van der Waals surface area contributed by atoms with Crippen LogP contribution in [0.1, 0.15) is 73.6 Å². The van der Waals surface area contributed by atoms with Gasteiger partial charge >= 0.3 is 11.9 Å². The first kappa shape index (κ1) is 19.9. The van der Waals surface area contributed by atoms with E-state index >= 15 is 0 Å². The number of ether oxygens (including phenoxy) is 1. The third kappa shape index (κ3) is 6.89. The molecule has 0 aromatic heterocycles. The maximum absolute atomic E-state index is 12.4. The molecule has 0 amide bonds. The van der Waals surface area contributed by atoms with Crippen molar-refractivity contribution in [1.29, 1.82) is 0 Å². The molecular weight excluding hydrogens is 407 g/mol. The number of benzene rings is 1. The first-order valence-corrected chi connectivity index (χ1v) is 9.16. The number of carboxylic acid groups (broad SMARTS) is 1. The third-order valence-electron chi connectivity index (χ3n) is 3.65. The summed E-state index contributed by atoms with van der Waals surface area (Å²) in [5, 5.41) is 9.28. The Hall–Kier alpha value is -1.11. The molecule has 0 radical (unpaired) electrons. The summed E-state index contributed by atoms with van der Waals surface area (Å²) in [6, 6.07) is 4.75. The van der Waals surface area contributed by atoms with Gasteiger partial charge in [-0.2, -0.15) is 0 Å². The number of carbonyl (C=O) groups excluding carboxylic acids is 1. The predicted molar refractivity (Wildman–Crippen MR) is 98.9 cm³/mol. The lowest BCUT2D eigenvalue weighted by molar-refractivity contribution is 0.0238. The highest BCUT2D eigenvalue weighted by Gasteiger charge is 2.21. The summed E-state index contributed by atoms with van der Waals surface area (Å²) in [5.74, 6) is -1.10. The number of unbranched alkanes of at least 4 members (excludes halogenated alkanes) is 1. The lowest BCUT2D eigenvalue weighted by Crippen LogP contribution is -2.21. The van der Waals surface area contributed by atoms with Gasteiger partial charge in [-0.25, -0.2) is 9.59 Å². The smallest absolute Gasteiger partial charge is 0.339 e. The fourth-order valence-corrected chi connectivity index (χ4v) is 2.79. The molecule has 0 aliphatic rings. The molecule has 1 aromatic carbocycles. The lowest BCUT2D eigenvalue weighted by Gasteiger charge is -2.19. The highest BCUT2D eigenvalue weighted by Crippen LogP contribution is 2.20. The van der Waals surface area contributed by atoms with Gasteiger partial charge in [0.15, 0.2) is 0 Å². The van der Waals surface area contributed by atoms with Crippen molar-refractivity contribution in [3.05, 3.63) is 32.9 Å². The van der Waals surface area contributed by atoms with Gasteiger partial charge in [-0.05, 0) is 66.0 Å². The molecule has 23 heavy (non-hydrogen) atoms. The van der Waals surface area contributed by atoms with Gasteiger partial charge in [0, 0.05) is 3.57 Å². The highest BCUT2D eigenvalue weighted by atomic mass is 127. The first-order valence-electron chi connectivity index (χ1n) is 8.09. The minimum atomic E-state index is -1.11. The second-order valence-electron chi connectivity index (χ2n) is 6.14. The Labute approximate surface area is 151 Å². The molecule has 5 heteroatoms. The van der Waals surface area contributed by atoms with Gasteiger partial charge in [0.2, 0.25) is 0 Å². The van der Waals surface area contributed by atoms with Crippen molar-refractivity contribution in [3.63, 3.8) is 0 Å². The van der Waals surface area contributed by atoms with Gasteiger partial charge in [-0.3, -0.25) is 0 Å². The van der Waals surface area contributed by atoms with Crippen LogP contribution >= 0.6 is 22.6 Å². The Morgan fingerprint density at radius 2 is 1.87 bits per heavy atom. The maximum atomic E-state index is 12.4. The van der Waals surface area contributed by atoms with Crippen molar-refractivity contribution in [2.75, 3.05) is 0 Å². The van der Waals surface area contributed by atoms with Crippen LogP contribution in [0.5, 0.6) is 0 Å². The summed E-state index contributed by atoms with van der Waals surface area (Å²) >= 11 is 2.03. The number of aromatic carboxylic acids is 1. The molecular formula is C18H25IO4. The van der Waals surface area contributed by atoms with E-state index in [1.54, 1.807) is 6.07 Å². The van der Waals surface area contributed by atoms with E-state index in [1.807, 2.05) is 22.6 Å².